The lowest BCUT2D eigenvalue weighted by Gasteiger charge is -2.15. The second-order valence-electron chi connectivity index (χ2n) is 3.43. The molecule has 0 spiro atoms. The van der Waals surface area contributed by atoms with E-state index in [1.807, 2.05) is 0 Å². The second-order valence-corrected chi connectivity index (χ2v) is 5.19. The number of nitrogens with one attached hydrogen (secondary N) is 2. The number of hydrogen-bond acceptors (Lipinski definition) is 6. The van der Waals surface area contributed by atoms with Crippen LogP contribution in [0, 0.1) is 0 Å². The lowest BCUT2D eigenvalue weighted by Crippen LogP contribution is -2.51. The van der Waals surface area contributed by atoms with E-state index in [1.165, 1.54) is 6.07 Å². The number of furan rings is 1. The zero-order chi connectivity index (χ0) is 14.2. The highest BCUT2D eigenvalue weighted by molar-refractivity contribution is 7.85. The van der Waals surface area contributed by atoms with Crippen LogP contribution < -0.4 is 10.6 Å². The molecule has 0 aromatic carbocycles. The molecule has 2 amide bonds. The summed E-state index contributed by atoms with van der Waals surface area (Å²) in [6.45, 7) is 0. The molecule has 2 rings (SSSR count). The van der Waals surface area contributed by atoms with Gasteiger partial charge in [0, 0.05) is 0 Å². The van der Waals surface area contributed by atoms with Crippen LogP contribution in [0.4, 0.5) is 0 Å². The van der Waals surface area contributed by atoms with Crippen LogP contribution in [-0.2, 0) is 19.7 Å². The number of hydrogen-bond donors (Lipinski definition) is 3. The summed E-state index contributed by atoms with van der Waals surface area (Å²) in [5, 5.41) is 3.59. The summed E-state index contributed by atoms with van der Waals surface area (Å²) < 4.78 is 35.0. The summed E-state index contributed by atoms with van der Waals surface area (Å²) in [5.74, 6) is -1.56. The van der Waals surface area contributed by atoms with Crippen LogP contribution in [0.15, 0.2) is 27.2 Å². The Bertz CT molecular complexity index is 693. The van der Waals surface area contributed by atoms with Crippen LogP contribution in [-0.4, -0.2) is 29.9 Å². The third kappa shape index (κ3) is 2.86. The van der Waals surface area contributed by atoms with Crippen molar-refractivity contribution >= 4 is 45.3 Å². The number of rotatable bonds is 2. The smallest absolute Gasteiger partial charge is 0.328 e. The molecule has 100 valence electrons. The van der Waals surface area contributed by atoms with Gasteiger partial charge in [-0.25, -0.2) is 0 Å². The number of carbonyl (C=O) groups is 2. The molecule has 1 fully saturated rings. The van der Waals surface area contributed by atoms with E-state index in [0.717, 1.165) is 12.1 Å². The maximum Gasteiger partial charge on any atom is 0.328 e. The fraction of sp³-hybridized carbons (Fsp3) is 0. The molecule has 10 heteroatoms. The van der Waals surface area contributed by atoms with Gasteiger partial charge in [0.25, 0.3) is 11.8 Å². The highest BCUT2D eigenvalue weighted by Crippen LogP contribution is 2.17. The van der Waals surface area contributed by atoms with E-state index in [-0.39, 0.29) is 16.4 Å². The van der Waals surface area contributed by atoms with Crippen LogP contribution in [0.5, 0.6) is 0 Å². The van der Waals surface area contributed by atoms with E-state index in [1.54, 1.807) is 0 Å². The molecule has 0 atom stereocenters. The molecule has 0 bridgehead atoms. The molecule has 19 heavy (non-hydrogen) atoms. The van der Waals surface area contributed by atoms with Gasteiger partial charge in [-0.2, -0.15) is 8.42 Å². The van der Waals surface area contributed by atoms with Crippen molar-refractivity contribution in [2.24, 2.45) is 0 Å². The van der Waals surface area contributed by atoms with Gasteiger partial charge >= 0.3 is 10.1 Å². The SMILES string of the molecule is O=C1NC(=S)NC(=O)C1=Cc1ccc(S(=O)(=O)O)o1. The molecule has 0 saturated carbocycles. The molecule has 1 aliphatic rings. The van der Waals surface area contributed by atoms with Crippen molar-refractivity contribution in [2.75, 3.05) is 0 Å². The normalized spacial score (nSPS) is 16.1. The van der Waals surface area contributed by atoms with Crippen LogP contribution in [0.3, 0.4) is 0 Å². The Hall–Kier alpha value is -2.04. The van der Waals surface area contributed by atoms with Crippen LogP contribution in [0.1, 0.15) is 5.76 Å². The summed E-state index contributed by atoms with van der Waals surface area (Å²) in [6, 6.07) is 2.18. The largest absolute Gasteiger partial charge is 0.443 e. The molecule has 1 aliphatic heterocycles. The van der Waals surface area contributed by atoms with Gasteiger partial charge in [0.2, 0.25) is 5.09 Å². The molecule has 1 aromatic heterocycles. The minimum Gasteiger partial charge on any atom is -0.443 e. The Morgan fingerprint density at radius 1 is 1.21 bits per heavy atom. The topological polar surface area (TPSA) is 126 Å². The van der Waals surface area contributed by atoms with Crippen LogP contribution in [0.2, 0.25) is 0 Å². The minimum atomic E-state index is -4.48. The second kappa shape index (κ2) is 4.57. The molecule has 0 radical (unpaired) electrons. The molecular formula is C9H6N2O6S2. The van der Waals surface area contributed by atoms with E-state index < -0.39 is 27.0 Å². The van der Waals surface area contributed by atoms with Gasteiger partial charge in [-0.15, -0.1) is 0 Å². The minimum absolute atomic E-state index is 0.0826. The average Bonchev–Trinajstić information content (AvgIpc) is 2.71. The summed E-state index contributed by atoms with van der Waals surface area (Å²) >= 11 is 4.60. The lowest BCUT2D eigenvalue weighted by atomic mass is 10.1. The average molecular weight is 302 g/mol. The first kappa shape index (κ1) is 13.4. The van der Waals surface area contributed by atoms with Gasteiger partial charge in [-0.3, -0.25) is 24.8 Å². The Labute approximate surface area is 112 Å². The number of carbonyl (C=O) groups excluding carboxylic acids is 2. The zero-order valence-electron chi connectivity index (χ0n) is 9.04. The molecule has 1 saturated heterocycles. The van der Waals surface area contributed by atoms with E-state index >= 15 is 0 Å². The first-order valence-corrected chi connectivity index (χ1v) is 6.58. The maximum atomic E-state index is 11.5. The molecule has 0 unspecified atom stereocenters. The summed E-state index contributed by atoms with van der Waals surface area (Å²) in [7, 11) is -4.48. The van der Waals surface area contributed by atoms with Crippen molar-refractivity contribution in [3.8, 4) is 0 Å². The van der Waals surface area contributed by atoms with E-state index in [9.17, 15) is 18.0 Å². The van der Waals surface area contributed by atoms with Crippen molar-refractivity contribution in [1.82, 2.24) is 10.6 Å². The monoisotopic (exact) mass is 302 g/mol. The third-order valence-corrected chi connectivity index (χ3v) is 3.02. The number of thiocarbonyl (C=S) groups is 1. The molecule has 1 aromatic rings. The Balaban J connectivity index is 2.36. The fourth-order valence-electron chi connectivity index (χ4n) is 1.30. The standard InChI is InChI=1S/C9H6N2O6S2/c12-7-5(8(13)11-9(18)10-7)3-4-1-2-6(17-4)19(14,15)16/h1-3H,(H,14,15,16)(H2,10,11,12,13,18). The van der Waals surface area contributed by atoms with E-state index in [4.69, 9.17) is 8.97 Å². The van der Waals surface area contributed by atoms with Gasteiger partial charge in [0.15, 0.2) is 5.11 Å². The predicted molar refractivity (Wildman–Crippen MR) is 65.4 cm³/mol. The zero-order valence-corrected chi connectivity index (χ0v) is 10.7. The highest BCUT2D eigenvalue weighted by Gasteiger charge is 2.26. The van der Waals surface area contributed by atoms with Crippen LogP contribution in [0.25, 0.3) is 6.08 Å². The highest BCUT2D eigenvalue weighted by atomic mass is 32.2. The van der Waals surface area contributed by atoms with Gasteiger partial charge in [-0.1, -0.05) is 0 Å². The first-order chi connectivity index (χ1) is 8.77. The molecule has 0 aliphatic carbocycles. The van der Waals surface area contributed by atoms with E-state index in [2.05, 4.69) is 22.9 Å². The van der Waals surface area contributed by atoms with Crippen molar-refractivity contribution in [2.45, 2.75) is 5.09 Å². The number of amides is 2. The van der Waals surface area contributed by atoms with Crippen LogP contribution >= 0.6 is 12.2 Å². The van der Waals surface area contributed by atoms with Crippen molar-refractivity contribution in [3.63, 3.8) is 0 Å². The van der Waals surface area contributed by atoms with Gasteiger partial charge in [-0.05, 0) is 30.4 Å². The Morgan fingerprint density at radius 3 is 2.26 bits per heavy atom. The van der Waals surface area contributed by atoms with Gasteiger partial charge < -0.3 is 4.42 Å². The summed E-state index contributed by atoms with van der Waals surface area (Å²) in [6.07, 6.45) is 1.03. The van der Waals surface area contributed by atoms with Crippen molar-refractivity contribution in [3.05, 3.63) is 23.5 Å². The molecule has 8 nitrogen and oxygen atoms in total. The summed E-state index contributed by atoms with van der Waals surface area (Å²) in [4.78, 5) is 23.0. The third-order valence-electron chi connectivity index (χ3n) is 2.09. The fourth-order valence-corrected chi connectivity index (χ4v) is 1.93. The predicted octanol–water partition coefficient (Wildman–Crippen LogP) is -0.559. The quantitative estimate of drug-likeness (QED) is 0.289. The lowest BCUT2D eigenvalue weighted by molar-refractivity contribution is -0.123. The Kier molecular flexibility index (Phi) is 3.22. The molecular weight excluding hydrogens is 296 g/mol. The Morgan fingerprint density at radius 2 is 1.79 bits per heavy atom. The first-order valence-electron chi connectivity index (χ1n) is 4.73. The van der Waals surface area contributed by atoms with E-state index in [0.29, 0.717) is 0 Å². The van der Waals surface area contributed by atoms with Crippen molar-refractivity contribution in [1.29, 1.82) is 0 Å². The molecule has 3 N–H and O–H groups in total. The van der Waals surface area contributed by atoms with Gasteiger partial charge in [0.1, 0.15) is 11.3 Å². The summed E-state index contributed by atoms with van der Waals surface area (Å²) in [5.41, 5.74) is -0.301. The van der Waals surface area contributed by atoms with Gasteiger partial charge in [0.05, 0.1) is 0 Å². The maximum absolute atomic E-state index is 11.5. The van der Waals surface area contributed by atoms with Crippen molar-refractivity contribution < 1.29 is 27.0 Å². The molecule has 2 heterocycles.